The Morgan fingerprint density at radius 1 is 1.37 bits per heavy atom. The summed E-state index contributed by atoms with van der Waals surface area (Å²) in [7, 11) is 1.98. The van der Waals surface area contributed by atoms with Crippen LogP contribution in [0, 0.1) is 16.7 Å². The number of aryl methyl sites for hydroxylation is 1. The van der Waals surface area contributed by atoms with Crippen LogP contribution in [0.1, 0.15) is 52.1 Å². The van der Waals surface area contributed by atoms with Gasteiger partial charge in [0.25, 0.3) is 0 Å². The van der Waals surface area contributed by atoms with E-state index in [0.29, 0.717) is 5.41 Å². The van der Waals surface area contributed by atoms with E-state index in [4.69, 9.17) is 5.73 Å². The molecule has 2 rings (SSSR count). The molecule has 0 aromatic carbocycles. The average Bonchev–Trinajstić information content (AvgIpc) is 2.74. The number of nitrogens with two attached hydrogens (primary N) is 1. The Kier molecular flexibility index (Phi) is 4.05. The van der Waals surface area contributed by atoms with Crippen LogP contribution in [-0.4, -0.2) is 16.3 Å². The molecule has 0 amide bonds. The first-order valence-electron chi connectivity index (χ1n) is 7.53. The molecule has 0 saturated heterocycles. The van der Waals surface area contributed by atoms with E-state index in [1.54, 1.807) is 0 Å². The summed E-state index contributed by atoms with van der Waals surface area (Å²) in [6, 6.07) is 2.13. The van der Waals surface area contributed by atoms with Crippen molar-refractivity contribution in [3.05, 3.63) is 18.0 Å². The first-order chi connectivity index (χ1) is 8.85. The summed E-state index contributed by atoms with van der Waals surface area (Å²) in [6.45, 7) is 7.89. The molecule has 1 aromatic rings. The lowest BCUT2D eigenvalue weighted by Gasteiger charge is -2.43. The van der Waals surface area contributed by atoms with E-state index in [0.717, 1.165) is 18.9 Å². The fourth-order valence-electron chi connectivity index (χ4n) is 3.49. The van der Waals surface area contributed by atoms with Crippen LogP contribution in [0.15, 0.2) is 12.3 Å². The fraction of sp³-hybridized carbons (Fsp3) is 0.812. The first kappa shape index (κ1) is 14.6. The lowest BCUT2D eigenvalue weighted by molar-refractivity contribution is 0.0919. The Hall–Kier alpha value is -0.830. The normalized spacial score (nSPS) is 28.6. The SMILES string of the molecule is Cn1ccc(CC2(CN)CCC(C(C)(C)C)CC2)n1. The van der Waals surface area contributed by atoms with Crippen molar-refractivity contribution in [2.75, 3.05) is 6.54 Å². The largest absolute Gasteiger partial charge is 0.330 e. The van der Waals surface area contributed by atoms with Gasteiger partial charge in [0.05, 0.1) is 5.69 Å². The van der Waals surface area contributed by atoms with E-state index in [9.17, 15) is 0 Å². The van der Waals surface area contributed by atoms with Gasteiger partial charge in [0.15, 0.2) is 0 Å². The van der Waals surface area contributed by atoms with Crippen molar-refractivity contribution >= 4 is 0 Å². The zero-order chi connectivity index (χ0) is 14.1. The third-order valence-electron chi connectivity index (χ3n) is 5.03. The molecule has 3 nitrogen and oxygen atoms in total. The Bertz CT molecular complexity index is 406. The molecule has 0 spiro atoms. The van der Waals surface area contributed by atoms with E-state index < -0.39 is 0 Å². The Morgan fingerprint density at radius 3 is 2.42 bits per heavy atom. The maximum Gasteiger partial charge on any atom is 0.0630 e. The van der Waals surface area contributed by atoms with Gasteiger partial charge in [-0.3, -0.25) is 4.68 Å². The second-order valence-electron chi connectivity index (χ2n) is 7.50. The topological polar surface area (TPSA) is 43.8 Å². The second kappa shape index (κ2) is 5.28. The Balaban J connectivity index is 2.02. The third kappa shape index (κ3) is 3.38. The molecule has 1 aliphatic carbocycles. The van der Waals surface area contributed by atoms with Crippen molar-refractivity contribution < 1.29 is 0 Å². The summed E-state index contributed by atoms with van der Waals surface area (Å²) >= 11 is 0. The molecule has 1 fully saturated rings. The summed E-state index contributed by atoms with van der Waals surface area (Å²) in [5.74, 6) is 0.843. The summed E-state index contributed by atoms with van der Waals surface area (Å²) < 4.78 is 1.89. The molecule has 108 valence electrons. The predicted molar refractivity (Wildman–Crippen MR) is 79.8 cm³/mol. The Labute approximate surface area is 117 Å². The predicted octanol–water partition coefficient (Wildman–Crippen LogP) is 3.14. The molecule has 3 heteroatoms. The smallest absolute Gasteiger partial charge is 0.0630 e. The lowest BCUT2D eigenvalue weighted by atomic mass is 9.63. The molecule has 1 aliphatic rings. The average molecular weight is 263 g/mol. The summed E-state index contributed by atoms with van der Waals surface area (Å²) in [6.07, 6.45) is 8.20. The van der Waals surface area contributed by atoms with Gasteiger partial charge in [0, 0.05) is 13.2 Å². The fourth-order valence-corrected chi connectivity index (χ4v) is 3.49. The molecule has 0 unspecified atom stereocenters. The van der Waals surface area contributed by atoms with Crippen LogP contribution in [0.5, 0.6) is 0 Å². The van der Waals surface area contributed by atoms with Gasteiger partial charge in [-0.1, -0.05) is 20.8 Å². The van der Waals surface area contributed by atoms with Crippen molar-refractivity contribution in [3.63, 3.8) is 0 Å². The summed E-state index contributed by atoms with van der Waals surface area (Å²) in [4.78, 5) is 0. The molecule has 1 aromatic heterocycles. The molecule has 1 heterocycles. The van der Waals surface area contributed by atoms with Gasteiger partial charge in [-0.15, -0.1) is 0 Å². The van der Waals surface area contributed by atoms with Gasteiger partial charge in [-0.25, -0.2) is 0 Å². The van der Waals surface area contributed by atoms with E-state index >= 15 is 0 Å². The van der Waals surface area contributed by atoms with Gasteiger partial charge in [-0.05, 0) is 61.5 Å². The van der Waals surface area contributed by atoms with Gasteiger partial charge >= 0.3 is 0 Å². The van der Waals surface area contributed by atoms with Gasteiger partial charge < -0.3 is 5.73 Å². The zero-order valence-electron chi connectivity index (χ0n) is 12.9. The molecular formula is C16H29N3. The lowest BCUT2D eigenvalue weighted by Crippen LogP contribution is -2.39. The molecule has 2 N–H and O–H groups in total. The maximum atomic E-state index is 6.11. The van der Waals surface area contributed by atoms with Gasteiger partial charge in [0.2, 0.25) is 0 Å². The highest BCUT2D eigenvalue weighted by Gasteiger charge is 2.38. The van der Waals surface area contributed by atoms with Crippen molar-refractivity contribution in [1.82, 2.24) is 9.78 Å². The zero-order valence-corrected chi connectivity index (χ0v) is 12.9. The highest BCUT2D eigenvalue weighted by atomic mass is 15.2. The number of hydrogen-bond acceptors (Lipinski definition) is 2. The molecule has 0 aliphatic heterocycles. The van der Waals surface area contributed by atoms with Crippen molar-refractivity contribution in [2.45, 2.75) is 52.9 Å². The standard InChI is InChI=1S/C16H29N3/c1-15(2,3)13-5-8-16(12-17,9-6-13)11-14-7-10-19(4)18-14/h7,10,13H,5-6,8-9,11-12,17H2,1-4H3. The minimum atomic E-state index is 0.288. The highest BCUT2D eigenvalue weighted by molar-refractivity contribution is 5.05. The van der Waals surface area contributed by atoms with Crippen LogP contribution >= 0.6 is 0 Å². The Morgan fingerprint density at radius 2 is 2.00 bits per heavy atom. The second-order valence-corrected chi connectivity index (χ2v) is 7.50. The number of rotatable bonds is 3. The van der Waals surface area contributed by atoms with Crippen LogP contribution in [0.2, 0.25) is 0 Å². The van der Waals surface area contributed by atoms with Gasteiger partial charge in [0.1, 0.15) is 0 Å². The maximum absolute atomic E-state index is 6.11. The molecule has 1 saturated carbocycles. The van der Waals surface area contributed by atoms with Crippen LogP contribution in [-0.2, 0) is 13.5 Å². The molecule has 0 bridgehead atoms. The third-order valence-corrected chi connectivity index (χ3v) is 5.03. The molecule has 0 radical (unpaired) electrons. The van der Waals surface area contributed by atoms with Crippen LogP contribution in [0.4, 0.5) is 0 Å². The van der Waals surface area contributed by atoms with Crippen LogP contribution in [0.25, 0.3) is 0 Å². The molecule has 0 atom stereocenters. The quantitative estimate of drug-likeness (QED) is 0.910. The number of hydrogen-bond donors (Lipinski definition) is 1. The van der Waals surface area contributed by atoms with Crippen LogP contribution < -0.4 is 5.73 Å². The summed E-state index contributed by atoms with van der Waals surface area (Å²) in [5.41, 5.74) is 8.03. The monoisotopic (exact) mass is 263 g/mol. The van der Waals surface area contributed by atoms with E-state index in [2.05, 4.69) is 31.9 Å². The number of nitrogens with zero attached hydrogens (tertiary/aromatic N) is 2. The van der Waals surface area contributed by atoms with E-state index in [1.165, 1.54) is 31.4 Å². The molecule has 19 heavy (non-hydrogen) atoms. The van der Waals surface area contributed by atoms with Crippen LogP contribution in [0.3, 0.4) is 0 Å². The van der Waals surface area contributed by atoms with Crippen molar-refractivity contribution in [2.24, 2.45) is 29.5 Å². The minimum Gasteiger partial charge on any atom is -0.330 e. The van der Waals surface area contributed by atoms with Gasteiger partial charge in [-0.2, -0.15) is 5.10 Å². The molecular weight excluding hydrogens is 234 g/mol. The van der Waals surface area contributed by atoms with E-state index in [-0.39, 0.29) is 5.41 Å². The van der Waals surface area contributed by atoms with Crippen molar-refractivity contribution in [1.29, 1.82) is 0 Å². The minimum absolute atomic E-state index is 0.288. The number of aromatic nitrogens is 2. The van der Waals surface area contributed by atoms with E-state index in [1.807, 2.05) is 17.9 Å². The highest BCUT2D eigenvalue weighted by Crippen LogP contribution is 2.46. The summed E-state index contributed by atoms with van der Waals surface area (Å²) in [5, 5.41) is 4.53. The van der Waals surface area contributed by atoms with Crippen molar-refractivity contribution in [3.8, 4) is 0 Å². The first-order valence-corrected chi connectivity index (χ1v) is 7.53.